The number of hydrogen-bond donors (Lipinski definition) is 0. The van der Waals surface area contributed by atoms with E-state index in [2.05, 4.69) is 11.7 Å². The van der Waals surface area contributed by atoms with Gasteiger partial charge < -0.3 is 0 Å². The van der Waals surface area contributed by atoms with Gasteiger partial charge in [0.15, 0.2) is 5.70 Å². The van der Waals surface area contributed by atoms with E-state index in [1.54, 1.807) is 0 Å². The van der Waals surface area contributed by atoms with Crippen LogP contribution in [0.4, 0.5) is 4.39 Å². The van der Waals surface area contributed by atoms with E-state index < -0.39 is 5.83 Å². The summed E-state index contributed by atoms with van der Waals surface area (Å²) in [5, 5.41) is 8.01. The first-order valence-electron chi connectivity index (χ1n) is 1.95. The van der Waals surface area contributed by atoms with Crippen molar-refractivity contribution >= 4 is 6.72 Å². The minimum Gasteiger partial charge on any atom is -0.251 e. The second-order valence-corrected chi connectivity index (χ2v) is 1.15. The molecular weight excluding hydrogens is 107 g/mol. The average molecular weight is 112 g/mol. The van der Waals surface area contributed by atoms with Crippen LogP contribution < -0.4 is 0 Å². The summed E-state index contributed by atoms with van der Waals surface area (Å²) in [5.74, 6) is -0.595. The Hall–Kier alpha value is -1.17. The normalized spacial score (nSPS) is 11.6. The average Bonchev–Trinajstić information content (AvgIpc) is 1.69. The fourth-order valence-corrected chi connectivity index (χ4v) is 0.221. The zero-order valence-electron chi connectivity index (χ0n) is 4.48. The molecule has 0 heterocycles. The molecule has 0 atom stereocenters. The maximum Gasteiger partial charge on any atom is 0.171 e. The summed E-state index contributed by atoms with van der Waals surface area (Å²) in [6.07, 6.45) is 0. The Bertz CT molecular complexity index is 160. The van der Waals surface area contributed by atoms with E-state index in [-0.39, 0.29) is 5.70 Å². The highest BCUT2D eigenvalue weighted by Crippen LogP contribution is 2.02. The lowest BCUT2D eigenvalue weighted by molar-refractivity contribution is 0.631. The summed E-state index contributed by atoms with van der Waals surface area (Å²) in [7, 11) is 0. The highest BCUT2D eigenvalue weighted by atomic mass is 19.1. The van der Waals surface area contributed by atoms with Crippen molar-refractivity contribution in [2.24, 2.45) is 4.99 Å². The fraction of sp³-hybridized carbons (Fsp3) is 0.200. The zero-order chi connectivity index (χ0) is 6.57. The lowest BCUT2D eigenvalue weighted by Gasteiger charge is -1.82. The molecule has 0 fully saturated rings. The van der Waals surface area contributed by atoms with Crippen LogP contribution in [0.2, 0.25) is 0 Å². The van der Waals surface area contributed by atoms with Crippen LogP contribution in [0.25, 0.3) is 0 Å². The first-order chi connectivity index (χ1) is 3.72. The van der Waals surface area contributed by atoms with E-state index in [1.165, 1.54) is 6.07 Å². The largest absolute Gasteiger partial charge is 0.251 e. The Kier molecular flexibility index (Phi) is 2.49. The lowest BCUT2D eigenvalue weighted by Crippen LogP contribution is -1.72. The van der Waals surface area contributed by atoms with Gasteiger partial charge in [0.1, 0.15) is 11.9 Å². The highest BCUT2D eigenvalue weighted by Gasteiger charge is 1.93. The predicted octanol–water partition coefficient (Wildman–Crippen LogP) is 1.41. The van der Waals surface area contributed by atoms with E-state index in [0.717, 1.165) is 6.92 Å². The SMILES string of the molecule is C=N/C(C#N)=C(\C)F. The van der Waals surface area contributed by atoms with Crippen molar-refractivity contribution in [1.29, 1.82) is 5.26 Å². The Morgan fingerprint density at radius 3 is 2.38 bits per heavy atom. The Morgan fingerprint density at radius 2 is 2.38 bits per heavy atom. The molecule has 0 amide bonds. The van der Waals surface area contributed by atoms with Crippen LogP contribution in [0.1, 0.15) is 6.92 Å². The van der Waals surface area contributed by atoms with Crippen LogP contribution in [0.15, 0.2) is 16.5 Å². The first-order valence-corrected chi connectivity index (χ1v) is 1.95. The fourth-order valence-electron chi connectivity index (χ4n) is 0.221. The molecule has 0 bridgehead atoms. The molecule has 0 unspecified atom stereocenters. The molecule has 0 radical (unpaired) electrons. The van der Waals surface area contributed by atoms with Gasteiger partial charge in [0.2, 0.25) is 0 Å². The summed E-state index contributed by atoms with van der Waals surface area (Å²) < 4.78 is 11.9. The van der Waals surface area contributed by atoms with Crippen molar-refractivity contribution < 1.29 is 4.39 Å². The van der Waals surface area contributed by atoms with Crippen molar-refractivity contribution in [3.8, 4) is 6.07 Å². The molecule has 0 aromatic carbocycles. The lowest BCUT2D eigenvalue weighted by atomic mass is 10.4. The molecule has 8 heavy (non-hydrogen) atoms. The molecule has 0 aliphatic heterocycles. The Balaban J connectivity index is 4.38. The van der Waals surface area contributed by atoms with Crippen molar-refractivity contribution in [2.75, 3.05) is 0 Å². The van der Waals surface area contributed by atoms with Crippen molar-refractivity contribution in [3.05, 3.63) is 11.5 Å². The van der Waals surface area contributed by atoms with Gasteiger partial charge in [0.25, 0.3) is 0 Å². The molecule has 0 aliphatic rings. The molecule has 0 aromatic rings. The van der Waals surface area contributed by atoms with Gasteiger partial charge in [-0.3, -0.25) is 4.99 Å². The number of nitriles is 1. The van der Waals surface area contributed by atoms with Crippen molar-refractivity contribution in [2.45, 2.75) is 6.92 Å². The second kappa shape index (κ2) is 2.92. The summed E-state index contributed by atoms with van der Waals surface area (Å²) in [6, 6.07) is 1.53. The molecular formula is C5H5FN2. The third-order valence-electron chi connectivity index (χ3n) is 0.590. The number of nitrogens with zero attached hydrogens (tertiary/aromatic N) is 2. The first kappa shape index (κ1) is 6.83. The molecule has 2 nitrogen and oxygen atoms in total. The van der Waals surface area contributed by atoms with Gasteiger partial charge in [0, 0.05) is 0 Å². The van der Waals surface area contributed by atoms with Crippen LogP contribution in [0.5, 0.6) is 0 Å². The van der Waals surface area contributed by atoms with Crippen LogP contribution in [0, 0.1) is 11.3 Å². The topological polar surface area (TPSA) is 36.1 Å². The van der Waals surface area contributed by atoms with Gasteiger partial charge in [-0.25, -0.2) is 4.39 Å². The molecule has 0 rings (SSSR count). The van der Waals surface area contributed by atoms with Crippen molar-refractivity contribution in [3.63, 3.8) is 0 Å². The minimum absolute atomic E-state index is 0.245. The van der Waals surface area contributed by atoms with Crippen LogP contribution >= 0.6 is 0 Å². The Morgan fingerprint density at radius 1 is 1.88 bits per heavy atom. The Labute approximate surface area is 47.0 Å². The molecule has 42 valence electrons. The highest BCUT2D eigenvalue weighted by molar-refractivity contribution is 5.35. The number of aliphatic imine (C=N–C) groups is 1. The van der Waals surface area contributed by atoms with E-state index in [1.807, 2.05) is 0 Å². The molecule has 0 saturated carbocycles. The molecule has 0 spiro atoms. The van der Waals surface area contributed by atoms with E-state index in [9.17, 15) is 4.39 Å². The number of halogens is 1. The van der Waals surface area contributed by atoms with E-state index in [0.29, 0.717) is 0 Å². The van der Waals surface area contributed by atoms with Gasteiger partial charge in [-0.15, -0.1) is 0 Å². The van der Waals surface area contributed by atoms with Gasteiger partial charge in [0.05, 0.1) is 0 Å². The number of allylic oxidation sites excluding steroid dienone is 2. The summed E-state index contributed by atoms with van der Waals surface area (Å²) in [5.41, 5.74) is -0.245. The molecule has 0 aromatic heterocycles. The maximum atomic E-state index is 11.9. The maximum absolute atomic E-state index is 11.9. The van der Waals surface area contributed by atoms with Gasteiger partial charge in [-0.1, -0.05) is 0 Å². The van der Waals surface area contributed by atoms with Crippen LogP contribution in [0.3, 0.4) is 0 Å². The smallest absolute Gasteiger partial charge is 0.171 e. The number of rotatable bonds is 1. The second-order valence-electron chi connectivity index (χ2n) is 1.15. The van der Waals surface area contributed by atoms with Crippen LogP contribution in [-0.2, 0) is 0 Å². The molecule has 0 N–H and O–H groups in total. The van der Waals surface area contributed by atoms with Gasteiger partial charge in [-0.2, -0.15) is 5.26 Å². The summed E-state index contributed by atoms with van der Waals surface area (Å²) in [6.45, 7) is 4.14. The predicted molar refractivity (Wildman–Crippen MR) is 29.0 cm³/mol. The summed E-state index contributed by atoms with van der Waals surface area (Å²) in [4.78, 5) is 3.10. The molecule has 0 aliphatic carbocycles. The molecule has 0 saturated heterocycles. The number of hydrogen-bond acceptors (Lipinski definition) is 2. The quantitative estimate of drug-likeness (QED) is 0.373. The van der Waals surface area contributed by atoms with Crippen molar-refractivity contribution in [1.82, 2.24) is 0 Å². The standard InChI is InChI=1S/C5H5FN2/c1-4(6)5(3-7)8-2/h2H2,1H3/b5-4+. The van der Waals surface area contributed by atoms with E-state index >= 15 is 0 Å². The van der Waals surface area contributed by atoms with E-state index in [4.69, 9.17) is 5.26 Å². The monoisotopic (exact) mass is 112 g/mol. The summed E-state index contributed by atoms with van der Waals surface area (Å²) >= 11 is 0. The van der Waals surface area contributed by atoms with Gasteiger partial charge in [-0.05, 0) is 13.6 Å². The third-order valence-corrected chi connectivity index (χ3v) is 0.590. The van der Waals surface area contributed by atoms with Gasteiger partial charge >= 0.3 is 0 Å². The zero-order valence-corrected chi connectivity index (χ0v) is 4.48. The molecule has 3 heteroatoms. The van der Waals surface area contributed by atoms with Crippen LogP contribution in [-0.4, -0.2) is 6.72 Å². The third kappa shape index (κ3) is 1.52. The minimum atomic E-state index is -0.595.